The van der Waals surface area contributed by atoms with Crippen LogP contribution in [0.15, 0.2) is 18.2 Å². The van der Waals surface area contributed by atoms with Crippen LogP contribution < -0.4 is 0 Å². The number of alkyl halides is 6. The Morgan fingerprint density at radius 1 is 0.913 bits per heavy atom. The molecule has 1 aliphatic rings. The summed E-state index contributed by atoms with van der Waals surface area (Å²) in [6.07, 6.45) is -8.69. The number of nitrogens with zero attached hydrogens (tertiary/aromatic N) is 1. The van der Waals surface area contributed by atoms with Crippen LogP contribution in [0.4, 0.5) is 26.3 Å². The summed E-state index contributed by atoms with van der Waals surface area (Å²) in [5, 5.41) is 0. The zero-order valence-corrected chi connectivity index (χ0v) is 12.9. The van der Waals surface area contributed by atoms with Gasteiger partial charge in [-0.25, -0.2) is 0 Å². The van der Waals surface area contributed by atoms with E-state index in [1.807, 2.05) is 11.8 Å². The van der Waals surface area contributed by atoms with Crippen LogP contribution in [-0.2, 0) is 18.9 Å². The van der Waals surface area contributed by atoms with Crippen LogP contribution in [-0.4, -0.2) is 18.0 Å². The van der Waals surface area contributed by atoms with E-state index >= 15 is 0 Å². The summed E-state index contributed by atoms with van der Waals surface area (Å²) in [5.74, 6) is 0.884. The van der Waals surface area contributed by atoms with Crippen LogP contribution >= 0.6 is 0 Å². The molecular weight excluding hydrogens is 320 g/mol. The van der Waals surface area contributed by atoms with Crippen molar-refractivity contribution in [1.82, 2.24) is 4.90 Å². The molecule has 0 bridgehead atoms. The number of rotatable bonds is 2. The second-order valence-electron chi connectivity index (χ2n) is 6.39. The number of likely N-dealkylation sites (tertiary alicyclic amines) is 1. The van der Waals surface area contributed by atoms with Crippen LogP contribution in [0.25, 0.3) is 0 Å². The fourth-order valence-electron chi connectivity index (χ4n) is 2.86. The maximum absolute atomic E-state index is 12.8. The molecule has 0 radical (unpaired) electrons. The van der Waals surface area contributed by atoms with Crippen molar-refractivity contribution in [2.24, 2.45) is 11.8 Å². The van der Waals surface area contributed by atoms with Gasteiger partial charge in [-0.05, 0) is 48.6 Å². The molecular formula is C16H19F6N. The Labute approximate surface area is 131 Å². The van der Waals surface area contributed by atoms with Crippen molar-refractivity contribution in [3.05, 3.63) is 34.9 Å². The van der Waals surface area contributed by atoms with E-state index < -0.39 is 23.5 Å². The van der Waals surface area contributed by atoms with Gasteiger partial charge in [-0.3, -0.25) is 4.90 Å². The minimum absolute atomic E-state index is 0.0499. The molecule has 1 nitrogen and oxygen atoms in total. The van der Waals surface area contributed by atoms with Gasteiger partial charge < -0.3 is 0 Å². The maximum Gasteiger partial charge on any atom is 0.416 e. The first-order valence-corrected chi connectivity index (χ1v) is 7.47. The molecule has 1 aromatic rings. The number of piperidine rings is 1. The van der Waals surface area contributed by atoms with E-state index in [-0.39, 0.29) is 18.2 Å². The van der Waals surface area contributed by atoms with Crippen molar-refractivity contribution in [2.45, 2.75) is 39.2 Å². The van der Waals surface area contributed by atoms with Gasteiger partial charge in [0.05, 0.1) is 11.1 Å². The van der Waals surface area contributed by atoms with E-state index in [9.17, 15) is 26.3 Å². The molecule has 1 saturated heterocycles. The van der Waals surface area contributed by atoms with Gasteiger partial charge in [0.15, 0.2) is 0 Å². The van der Waals surface area contributed by atoms with Crippen LogP contribution in [0, 0.1) is 11.8 Å². The molecule has 1 aromatic carbocycles. The molecule has 0 amide bonds. The molecule has 130 valence electrons. The van der Waals surface area contributed by atoms with Crippen molar-refractivity contribution >= 4 is 0 Å². The molecule has 2 atom stereocenters. The predicted octanol–water partition coefficient (Wildman–Crippen LogP) is 5.20. The minimum Gasteiger partial charge on any atom is -0.299 e. The molecule has 2 rings (SSSR count). The number of halogens is 6. The van der Waals surface area contributed by atoms with Crippen molar-refractivity contribution < 1.29 is 26.3 Å². The van der Waals surface area contributed by atoms with Gasteiger partial charge >= 0.3 is 12.4 Å². The summed E-state index contributed by atoms with van der Waals surface area (Å²) in [7, 11) is 0. The Morgan fingerprint density at radius 3 is 1.87 bits per heavy atom. The third-order valence-electron chi connectivity index (χ3n) is 4.47. The number of hydrogen-bond acceptors (Lipinski definition) is 1. The molecule has 2 unspecified atom stereocenters. The Balaban J connectivity index is 2.27. The fourth-order valence-corrected chi connectivity index (χ4v) is 2.86. The molecule has 7 heteroatoms. The minimum atomic E-state index is -4.79. The highest BCUT2D eigenvalue weighted by Gasteiger charge is 2.37. The molecule has 0 spiro atoms. The normalized spacial score (nSPS) is 24.0. The average molecular weight is 339 g/mol. The smallest absolute Gasteiger partial charge is 0.299 e. The summed E-state index contributed by atoms with van der Waals surface area (Å²) >= 11 is 0. The van der Waals surface area contributed by atoms with Crippen LogP contribution in [0.5, 0.6) is 0 Å². The second kappa shape index (κ2) is 6.34. The second-order valence-corrected chi connectivity index (χ2v) is 6.39. The van der Waals surface area contributed by atoms with Crippen LogP contribution in [0.2, 0.25) is 0 Å². The molecule has 0 saturated carbocycles. The topological polar surface area (TPSA) is 3.24 Å². The largest absolute Gasteiger partial charge is 0.416 e. The van der Waals surface area contributed by atoms with E-state index in [0.29, 0.717) is 24.9 Å². The monoisotopic (exact) mass is 339 g/mol. The molecule has 1 fully saturated rings. The van der Waals surface area contributed by atoms with Crippen LogP contribution in [0.1, 0.15) is 37.0 Å². The summed E-state index contributed by atoms with van der Waals surface area (Å²) in [6, 6.07) is 1.81. The summed E-state index contributed by atoms with van der Waals surface area (Å²) in [6.45, 7) is 5.62. The van der Waals surface area contributed by atoms with E-state index in [2.05, 4.69) is 6.92 Å². The molecule has 1 heterocycles. The third kappa shape index (κ3) is 4.62. The molecule has 1 aliphatic heterocycles. The molecule has 0 aromatic heterocycles. The SMILES string of the molecule is CC1CCN(Cc2cc(C(F)(F)F)cc(C(F)(F)F)c2)CC1C. The maximum atomic E-state index is 12.8. The van der Waals surface area contributed by atoms with E-state index in [0.717, 1.165) is 18.6 Å². The van der Waals surface area contributed by atoms with Gasteiger partial charge in [0.1, 0.15) is 0 Å². The highest BCUT2D eigenvalue weighted by atomic mass is 19.4. The molecule has 0 aliphatic carbocycles. The first kappa shape index (κ1) is 18.1. The standard InChI is InChI=1S/C16H19F6N/c1-10-3-4-23(8-11(10)2)9-12-5-13(15(17,18)19)7-14(6-12)16(20,21)22/h5-7,10-11H,3-4,8-9H2,1-2H3. The number of benzene rings is 1. The third-order valence-corrected chi connectivity index (χ3v) is 4.47. The Hall–Kier alpha value is -1.24. The Morgan fingerprint density at radius 2 is 1.43 bits per heavy atom. The van der Waals surface area contributed by atoms with Gasteiger partial charge in [-0.2, -0.15) is 26.3 Å². The first-order valence-electron chi connectivity index (χ1n) is 7.47. The fraction of sp³-hybridized carbons (Fsp3) is 0.625. The zero-order valence-electron chi connectivity index (χ0n) is 12.9. The van der Waals surface area contributed by atoms with Crippen molar-refractivity contribution in [3.63, 3.8) is 0 Å². The lowest BCUT2D eigenvalue weighted by atomic mass is 9.88. The highest BCUT2D eigenvalue weighted by molar-refractivity contribution is 5.33. The summed E-state index contributed by atoms with van der Waals surface area (Å²) < 4.78 is 77.1. The summed E-state index contributed by atoms with van der Waals surface area (Å²) in [5.41, 5.74) is -2.45. The lowest BCUT2D eigenvalue weighted by Gasteiger charge is -2.35. The van der Waals surface area contributed by atoms with Gasteiger partial charge in [0.2, 0.25) is 0 Å². The van der Waals surface area contributed by atoms with E-state index in [1.54, 1.807) is 0 Å². The van der Waals surface area contributed by atoms with Crippen LogP contribution in [0.3, 0.4) is 0 Å². The van der Waals surface area contributed by atoms with Gasteiger partial charge in [-0.1, -0.05) is 13.8 Å². The average Bonchev–Trinajstić information content (AvgIpc) is 2.41. The van der Waals surface area contributed by atoms with Gasteiger partial charge in [0.25, 0.3) is 0 Å². The summed E-state index contributed by atoms with van der Waals surface area (Å²) in [4.78, 5) is 1.92. The zero-order chi connectivity index (χ0) is 17.4. The lowest BCUT2D eigenvalue weighted by Crippen LogP contribution is -2.37. The van der Waals surface area contributed by atoms with Crippen molar-refractivity contribution in [1.29, 1.82) is 0 Å². The van der Waals surface area contributed by atoms with E-state index in [4.69, 9.17) is 0 Å². The van der Waals surface area contributed by atoms with Gasteiger partial charge in [0, 0.05) is 13.1 Å². The van der Waals surface area contributed by atoms with E-state index in [1.165, 1.54) is 0 Å². The lowest BCUT2D eigenvalue weighted by molar-refractivity contribution is -0.143. The first-order chi connectivity index (χ1) is 10.5. The molecule has 0 N–H and O–H groups in total. The number of hydrogen-bond donors (Lipinski definition) is 0. The quantitative estimate of drug-likeness (QED) is 0.669. The Bertz CT molecular complexity index is 516. The predicted molar refractivity (Wildman–Crippen MR) is 74.7 cm³/mol. The molecule has 23 heavy (non-hydrogen) atoms. The Kier molecular flexibility index (Phi) is 4.99. The van der Waals surface area contributed by atoms with Gasteiger partial charge in [-0.15, -0.1) is 0 Å². The highest BCUT2D eigenvalue weighted by Crippen LogP contribution is 2.36. The van der Waals surface area contributed by atoms with Crippen molar-refractivity contribution in [2.75, 3.05) is 13.1 Å². The van der Waals surface area contributed by atoms with Crippen molar-refractivity contribution in [3.8, 4) is 0 Å².